The van der Waals surface area contributed by atoms with Gasteiger partial charge in [0.2, 0.25) is 0 Å². The number of fused-ring (bicyclic) bond motifs is 2. The molecule has 0 bridgehead atoms. The lowest BCUT2D eigenvalue weighted by molar-refractivity contribution is 0.481. The van der Waals surface area contributed by atoms with Crippen LogP contribution in [0.2, 0.25) is 0 Å². The predicted octanol–water partition coefficient (Wildman–Crippen LogP) is 12.4. The smallest absolute Gasteiger partial charge is 0.128 e. The van der Waals surface area contributed by atoms with Gasteiger partial charge >= 0.3 is 0 Å². The van der Waals surface area contributed by atoms with Crippen LogP contribution in [0.25, 0.3) is 22.4 Å². The van der Waals surface area contributed by atoms with Crippen LogP contribution in [-0.4, -0.2) is 9.97 Å². The minimum atomic E-state index is -0.637. The first-order chi connectivity index (χ1) is 24.7. The molecule has 3 heterocycles. The van der Waals surface area contributed by atoms with Gasteiger partial charge < -0.3 is 4.74 Å². The number of hydrogen-bond donors (Lipinski definition) is 0. The van der Waals surface area contributed by atoms with Crippen molar-refractivity contribution < 1.29 is 4.74 Å². The second-order valence-corrected chi connectivity index (χ2v) is 15.5. The molecule has 0 fully saturated rings. The first-order valence-corrected chi connectivity index (χ1v) is 18.3. The summed E-state index contributed by atoms with van der Waals surface area (Å²) in [6.45, 7) is 11.1. The van der Waals surface area contributed by atoms with Gasteiger partial charge in [0.05, 0.1) is 16.8 Å². The number of benzene rings is 5. The molecule has 0 atom stereocenters. The van der Waals surface area contributed by atoms with E-state index >= 15 is 0 Å². The molecule has 5 aromatic carbocycles. The van der Waals surface area contributed by atoms with Crippen LogP contribution in [-0.2, 0) is 10.8 Å². The zero-order chi connectivity index (χ0) is 35.2. The molecule has 0 aliphatic carbocycles. The van der Waals surface area contributed by atoms with E-state index in [0.717, 1.165) is 39.6 Å². The van der Waals surface area contributed by atoms with Crippen molar-refractivity contribution in [1.29, 1.82) is 0 Å². The summed E-state index contributed by atoms with van der Waals surface area (Å²) in [6, 6.07) is 49.5. The molecule has 4 heteroatoms. The number of pyridine rings is 2. The van der Waals surface area contributed by atoms with Crippen molar-refractivity contribution in [3.63, 3.8) is 0 Å². The van der Waals surface area contributed by atoms with E-state index in [9.17, 15) is 0 Å². The molecule has 0 amide bonds. The van der Waals surface area contributed by atoms with Crippen LogP contribution in [0.15, 0.2) is 162 Å². The zero-order valence-corrected chi connectivity index (χ0v) is 30.5. The normalized spacial score (nSPS) is 13.3. The van der Waals surface area contributed by atoms with Crippen LogP contribution in [0.3, 0.4) is 0 Å². The van der Waals surface area contributed by atoms with Gasteiger partial charge in [-0.05, 0) is 131 Å². The van der Waals surface area contributed by atoms with Crippen LogP contribution >= 0.6 is 11.8 Å². The van der Waals surface area contributed by atoms with E-state index in [-0.39, 0.29) is 5.41 Å². The van der Waals surface area contributed by atoms with E-state index in [1.54, 1.807) is 0 Å². The number of ether oxygens (including phenoxy) is 1. The van der Waals surface area contributed by atoms with E-state index in [2.05, 4.69) is 168 Å². The van der Waals surface area contributed by atoms with Crippen molar-refractivity contribution in [2.24, 2.45) is 0 Å². The largest absolute Gasteiger partial charge is 0.457 e. The Morgan fingerprint density at radius 3 is 1.92 bits per heavy atom. The molecule has 0 saturated carbocycles. The van der Waals surface area contributed by atoms with Crippen molar-refractivity contribution in [3.8, 4) is 33.9 Å². The molecule has 0 radical (unpaired) electrons. The maximum absolute atomic E-state index is 6.91. The van der Waals surface area contributed by atoms with Crippen LogP contribution in [0, 0.1) is 13.8 Å². The molecule has 0 spiro atoms. The molecule has 0 saturated heterocycles. The third-order valence-electron chi connectivity index (χ3n) is 9.95. The van der Waals surface area contributed by atoms with Crippen molar-refractivity contribution >= 4 is 11.8 Å². The summed E-state index contributed by atoms with van der Waals surface area (Å²) in [5.74, 6) is 1.52. The summed E-state index contributed by atoms with van der Waals surface area (Å²) in [6.07, 6.45) is 3.81. The molecule has 0 unspecified atom stereocenters. The maximum Gasteiger partial charge on any atom is 0.128 e. The summed E-state index contributed by atoms with van der Waals surface area (Å²) in [5, 5.41) is 0. The number of hydrogen-bond acceptors (Lipinski definition) is 4. The fourth-order valence-corrected chi connectivity index (χ4v) is 8.71. The quantitative estimate of drug-likeness (QED) is 0.175. The molecule has 8 rings (SSSR count). The lowest BCUT2D eigenvalue weighted by Gasteiger charge is -2.40. The summed E-state index contributed by atoms with van der Waals surface area (Å²) < 4.78 is 6.91. The average molecular weight is 681 g/mol. The molecular weight excluding hydrogens is 641 g/mol. The Balaban J connectivity index is 1.30. The topological polar surface area (TPSA) is 35.0 Å². The fraction of sp³-hybridized carbons (Fsp3) is 0.149. The second kappa shape index (κ2) is 13.0. The highest BCUT2D eigenvalue weighted by Gasteiger charge is 2.45. The molecular formula is C47H40N2OS. The highest BCUT2D eigenvalue weighted by Crippen LogP contribution is 2.55. The van der Waals surface area contributed by atoms with Crippen molar-refractivity contribution in [2.75, 3.05) is 0 Å². The van der Waals surface area contributed by atoms with E-state index in [1.165, 1.54) is 43.2 Å². The van der Waals surface area contributed by atoms with Gasteiger partial charge in [0.1, 0.15) is 11.5 Å². The van der Waals surface area contributed by atoms with Crippen LogP contribution in [0.5, 0.6) is 11.5 Å². The van der Waals surface area contributed by atoms with Gasteiger partial charge in [-0.15, -0.1) is 0 Å². The lowest BCUT2D eigenvalue weighted by Crippen LogP contribution is -2.34. The van der Waals surface area contributed by atoms with E-state index < -0.39 is 5.41 Å². The Morgan fingerprint density at radius 1 is 0.569 bits per heavy atom. The Kier molecular flexibility index (Phi) is 8.36. The van der Waals surface area contributed by atoms with E-state index in [1.807, 2.05) is 30.2 Å². The molecule has 7 aromatic rings. The molecule has 2 aromatic heterocycles. The van der Waals surface area contributed by atoms with E-state index in [4.69, 9.17) is 14.7 Å². The summed E-state index contributed by atoms with van der Waals surface area (Å²) >= 11 is 1.82. The number of aryl methyl sites for hydroxylation is 2. The van der Waals surface area contributed by atoms with E-state index in [0.29, 0.717) is 0 Å². The maximum atomic E-state index is 6.91. The highest BCUT2D eigenvalue weighted by molar-refractivity contribution is 7.99. The minimum Gasteiger partial charge on any atom is -0.457 e. The second-order valence-electron chi connectivity index (χ2n) is 14.4. The monoisotopic (exact) mass is 680 g/mol. The predicted molar refractivity (Wildman–Crippen MR) is 210 cm³/mol. The molecule has 1 aliphatic rings. The molecule has 250 valence electrons. The average Bonchev–Trinajstić information content (AvgIpc) is 3.14. The summed E-state index contributed by atoms with van der Waals surface area (Å²) in [5.41, 5.74) is 11.8. The third-order valence-corrected chi connectivity index (χ3v) is 11.1. The van der Waals surface area contributed by atoms with Gasteiger partial charge in [0.15, 0.2) is 0 Å². The highest BCUT2D eigenvalue weighted by atomic mass is 32.2. The Hall–Kier alpha value is -5.45. The van der Waals surface area contributed by atoms with Crippen LogP contribution < -0.4 is 4.74 Å². The van der Waals surface area contributed by atoms with Crippen molar-refractivity contribution in [3.05, 3.63) is 191 Å². The number of aromatic nitrogens is 2. The Morgan fingerprint density at radius 2 is 1.24 bits per heavy atom. The van der Waals surface area contributed by atoms with Gasteiger partial charge in [-0.25, -0.2) is 0 Å². The van der Waals surface area contributed by atoms with Gasteiger partial charge in [0.25, 0.3) is 0 Å². The Bertz CT molecular complexity index is 2330. The van der Waals surface area contributed by atoms with Gasteiger partial charge in [-0.3, -0.25) is 9.97 Å². The first-order valence-electron chi connectivity index (χ1n) is 17.5. The van der Waals surface area contributed by atoms with Gasteiger partial charge in [-0.1, -0.05) is 105 Å². The standard InChI is InChI=1S/C47H40N2OS/c1-31-14-12-15-32(2)45(31)34-26-33(41-30-35(23-25-48-41)46(3,4)5)27-38(28-34)50-37-17-13-16-36(29-37)47(44-22-10-11-24-49-44)39-18-6-8-20-42(39)51-43-21-9-7-19-40(43)47/h6-30H,1-5H3. The number of nitrogens with zero attached hydrogens (tertiary/aromatic N) is 2. The minimum absolute atomic E-state index is 0.000106. The molecule has 0 N–H and O–H groups in total. The van der Waals surface area contributed by atoms with Crippen molar-refractivity contribution in [1.82, 2.24) is 9.97 Å². The molecule has 3 nitrogen and oxygen atoms in total. The first kappa shape index (κ1) is 32.7. The van der Waals surface area contributed by atoms with Crippen molar-refractivity contribution in [2.45, 2.75) is 55.2 Å². The molecule has 1 aliphatic heterocycles. The Labute approximate surface area is 305 Å². The van der Waals surface area contributed by atoms with Crippen LogP contribution in [0.4, 0.5) is 0 Å². The summed E-state index contributed by atoms with van der Waals surface area (Å²) in [4.78, 5) is 12.3. The zero-order valence-electron chi connectivity index (χ0n) is 29.6. The van der Waals surface area contributed by atoms with Crippen LogP contribution in [0.1, 0.15) is 59.8 Å². The molecule has 51 heavy (non-hydrogen) atoms. The summed E-state index contributed by atoms with van der Waals surface area (Å²) in [7, 11) is 0. The number of rotatable bonds is 6. The third kappa shape index (κ3) is 5.94. The SMILES string of the molecule is Cc1cccc(C)c1-c1cc(Oc2cccc(C3(c4ccccn4)c4ccccc4Sc4ccccc43)c2)cc(-c2cc(C(C)(C)C)ccn2)c1. The lowest BCUT2D eigenvalue weighted by atomic mass is 9.66. The van der Waals surface area contributed by atoms with Gasteiger partial charge in [0, 0.05) is 27.7 Å². The van der Waals surface area contributed by atoms with Gasteiger partial charge in [-0.2, -0.15) is 0 Å². The fourth-order valence-electron chi connectivity index (χ4n) is 7.52.